The van der Waals surface area contributed by atoms with Crippen molar-refractivity contribution >= 4 is 28.3 Å². The second kappa shape index (κ2) is 8.26. The first kappa shape index (κ1) is 21.0. The van der Waals surface area contributed by atoms with Crippen molar-refractivity contribution in [3.63, 3.8) is 0 Å². The number of para-hydroxylation sites is 1. The predicted octanol–water partition coefficient (Wildman–Crippen LogP) is 5.10. The fourth-order valence-corrected chi connectivity index (χ4v) is 4.19. The number of rotatable bonds is 5. The molecule has 0 fully saturated rings. The Labute approximate surface area is 194 Å². The maximum Gasteiger partial charge on any atom is 0.294 e. The first-order chi connectivity index (χ1) is 16.5. The Morgan fingerprint density at radius 2 is 1.79 bits per heavy atom. The number of hydrogen-bond acceptors (Lipinski definition) is 6. The molecule has 0 radical (unpaired) electrons. The smallest absolute Gasteiger partial charge is 0.294 e. The zero-order valence-corrected chi connectivity index (χ0v) is 18.1. The van der Waals surface area contributed by atoms with Gasteiger partial charge in [0.2, 0.25) is 5.78 Å². The van der Waals surface area contributed by atoms with E-state index in [9.17, 15) is 14.7 Å². The molecule has 1 aliphatic heterocycles. The van der Waals surface area contributed by atoms with Gasteiger partial charge in [0.1, 0.15) is 0 Å². The van der Waals surface area contributed by atoms with Crippen LogP contribution >= 0.6 is 0 Å². The monoisotopic (exact) mass is 450 g/mol. The van der Waals surface area contributed by atoms with Crippen LogP contribution in [-0.4, -0.2) is 23.9 Å². The van der Waals surface area contributed by atoms with Gasteiger partial charge in [0, 0.05) is 11.1 Å². The standard InChI is InChI=1S/C27H18N2O5/c1-33-20-9-5-8-18-14-21(34-26(18)20)24(30)22-23(17-6-3-2-4-7-17)29(27(32)25(22)31)19-12-10-16(15-28)11-13-19/h2-14,23,31H,1H3. The third-order valence-electron chi connectivity index (χ3n) is 5.79. The lowest BCUT2D eigenvalue weighted by Crippen LogP contribution is -2.31. The van der Waals surface area contributed by atoms with Gasteiger partial charge in [-0.15, -0.1) is 0 Å². The Bertz CT molecular complexity index is 1490. The number of ketones is 1. The number of carbonyl (C=O) groups excluding carboxylic acids is 2. The maximum atomic E-state index is 13.7. The summed E-state index contributed by atoms with van der Waals surface area (Å²) in [6.45, 7) is 0. The molecule has 3 aromatic carbocycles. The molecule has 1 N–H and O–H groups in total. The summed E-state index contributed by atoms with van der Waals surface area (Å²) in [5, 5.41) is 20.7. The molecular formula is C27H18N2O5. The Balaban J connectivity index is 1.64. The Kier molecular flexibility index (Phi) is 5.11. The molecular weight excluding hydrogens is 432 g/mol. The topological polar surface area (TPSA) is 104 Å². The molecule has 0 aliphatic carbocycles. The second-order valence-electron chi connectivity index (χ2n) is 7.73. The number of carbonyl (C=O) groups is 2. The van der Waals surface area contributed by atoms with Gasteiger partial charge in [-0.2, -0.15) is 5.26 Å². The highest BCUT2D eigenvalue weighted by atomic mass is 16.5. The van der Waals surface area contributed by atoms with Crippen molar-refractivity contribution in [1.82, 2.24) is 0 Å². The van der Waals surface area contributed by atoms with Crippen LogP contribution in [0.5, 0.6) is 5.75 Å². The van der Waals surface area contributed by atoms with Gasteiger partial charge in [0.05, 0.1) is 30.4 Å². The Hall–Kier alpha value is -4.83. The van der Waals surface area contributed by atoms with Crippen LogP contribution in [-0.2, 0) is 4.79 Å². The minimum Gasteiger partial charge on any atom is -0.503 e. The van der Waals surface area contributed by atoms with Gasteiger partial charge in [0.15, 0.2) is 22.9 Å². The molecule has 1 aromatic heterocycles. The molecule has 7 heteroatoms. The summed E-state index contributed by atoms with van der Waals surface area (Å²) < 4.78 is 11.1. The van der Waals surface area contributed by atoms with Gasteiger partial charge in [-0.1, -0.05) is 42.5 Å². The number of nitriles is 1. The molecule has 4 aromatic rings. The van der Waals surface area contributed by atoms with Crippen molar-refractivity contribution < 1.29 is 23.8 Å². The van der Waals surface area contributed by atoms with Gasteiger partial charge >= 0.3 is 0 Å². The van der Waals surface area contributed by atoms with Crippen molar-refractivity contribution in [3.05, 3.63) is 107 Å². The molecule has 0 saturated heterocycles. The van der Waals surface area contributed by atoms with Crippen molar-refractivity contribution in [3.8, 4) is 11.8 Å². The van der Waals surface area contributed by atoms with E-state index >= 15 is 0 Å². The fraction of sp³-hybridized carbons (Fsp3) is 0.0741. The second-order valence-corrected chi connectivity index (χ2v) is 7.73. The molecule has 7 nitrogen and oxygen atoms in total. The largest absolute Gasteiger partial charge is 0.503 e. The minimum absolute atomic E-state index is 0.0172. The molecule has 0 bridgehead atoms. The number of aliphatic hydroxyl groups excluding tert-OH is 1. The summed E-state index contributed by atoms with van der Waals surface area (Å²) >= 11 is 0. The molecule has 2 heterocycles. The molecule has 34 heavy (non-hydrogen) atoms. The van der Waals surface area contributed by atoms with E-state index in [1.807, 2.05) is 12.1 Å². The van der Waals surface area contributed by atoms with Crippen LogP contribution < -0.4 is 9.64 Å². The van der Waals surface area contributed by atoms with E-state index in [1.165, 1.54) is 12.0 Å². The number of nitrogens with zero attached hydrogens (tertiary/aromatic N) is 2. The van der Waals surface area contributed by atoms with Crippen LogP contribution in [0.25, 0.3) is 11.0 Å². The molecule has 5 rings (SSSR count). The van der Waals surface area contributed by atoms with Crippen LogP contribution in [0.4, 0.5) is 5.69 Å². The van der Waals surface area contributed by atoms with Crippen LogP contribution in [0.15, 0.2) is 94.6 Å². The quantitative estimate of drug-likeness (QED) is 0.425. The summed E-state index contributed by atoms with van der Waals surface area (Å²) in [4.78, 5) is 28.2. The van der Waals surface area contributed by atoms with Crippen molar-refractivity contribution in [2.75, 3.05) is 12.0 Å². The molecule has 1 aliphatic rings. The highest BCUT2D eigenvalue weighted by Gasteiger charge is 2.45. The third-order valence-corrected chi connectivity index (χ3v) is 5.79. The van der Waals surface area contributed by atoms with E-state index in [0.29, 0.717) is 33.5 Å². The molecule has 1 atom stereocenters. The molecule has 1 amide bonds. The summed E-state index contributed by atoms with van der Waals surface area (Å²) in [5.74, 6) is -1.51. The first-order valence-electron chi connectivity index (χ1n) is 10.5. The van der Waals surface area contributed by atoms with Crippen LogP contribution in [0.2, 0.25) is 0 Å². The zero-order chi connectivity index (χ0) is 23.8. The van der Waals surface area contributed by atoms with Gasteiger partial charge in [0.25, 0.3) is 5.91 Å². The number of amides is 1. The molecule has 1 unspecified atom stereocenters. The van der Waals surface area contributed by atoms with E-state index in [4.69, 9.17) is 14.4 Å². The normalized spacial score (nSPS) is 15.6. The number of fused-ring (bicyclic) bond motifs is 1. The van der Waals surface area contributed by atoms with Crippen LogP contribution in [0.3, 0.4) is 0 Å². The maximum absolute atomic E-state index is 13.7. The SMILES string of the molecule is COc1cccc2cc(C(=O)C3=C(O)C(=O)N(c4ccc(C#N)cc4)C3c3ccccc3)oc12. The zero-order valence-electron chi connectivity index (χ0n) is 18.1. The number of furan rings is 1. The lowest BCUT2D eigenvalue weighted by molar-refractivity contribution is -0.117. The van der Waals surface area contributed by atoms with Gasteiger partial charge < -0.3 is 14.3 Å². The highest BCUT2D eigenvalue weighted by Crippen LogP contribution is 2.42. The predicted molar refractivity (Wildman–Crippen MR) is 125 cm³/mol. The molecule has 0 saturated carbocycles. The Morgan fingerprint density at radius 3 is 2.47 bits per heavy atom. The van der Waals surface area contributed by atoms with E-state index in [-0.39, 0.29) is 11.3 Å². The Morgan fingerprint density at radius 1 is 1.06 bits per heavy atom. The van der Waals surface area contributed by atoms with Crippen LogP contribution in [0, 0.1) is 11.3 Å². The number of ether oxygens (including phenoxy) is 1. The average Bonchev–Trinajstić information content (AvgIpc) is 3.43. The summed E-state index contributed by atoms with van der Waals surface area (Å²) in [7, 11) is 1.50. The van der Waals surface area contributed by atoms with E-state index < -0.39 is 23.5 Å². The van der Waals surface area contributed by atoms with Gasteiger partial charge in [-0.25, -0.2) is 0 Å². The van der Waals surface area contributed by atoms with Crippen molar-refractivity contribution in [2.45, 2.75) is 6.04 Å². The summed E-state index contributed by atoms with van der Waals surface area (Å²) in [6.07, 6.45) is 0. The number of aliphatic hydroxyl groups is 1. The van der Waals surface area contributed by atoms with E-state index in [2.05, 4.69) is 0 Å². The number of benzene rings is 3. The number of Topliss-reactive ketones (excluding diaryl/α,β-unsaturated/α-hetero) is 1. The number of methoxy groups -OCH3 is 1. The molecule has 0 spiro atoms. The van der Waals surface area contributed by atoms with Gasteiger partial charge in [-0.05, 0) is 42.0 Å². The average molecular weight is 450 g/mol. The number of anilines is 1. The summed E-state index contributed by atoms with van der Waals surface area (Å²) in [5.41, 5.74) is 1.83. The summed E-state index contributed by atoms with van der Waals surface area (Å²) in [6, 6.07) is 23.3. The number of hydrogen-bond donors (Lipinski definition) is 1. The van der Waals surface area contributed by atoms with Crippen molar-refractivity contribution in [2.24, 2.45) is 0 Å². The lowest BCUT2D eigenvalue weighted by atomic mass is 9.94. The first-order valence-corrected chi connectivity index (χ1v) is 10.5. The fourth-order valence-electron chi connectivity index (χ4n) is 4.19. The van der Waals surface area contributed by atoms with E-state index in [0.717, 1.165) is 0 Å². The molecule has 166 valence electrons. The van der Waals surface area contributed by atoms with Crippen LogP contribution in [0.1, 0.15) is 27.7 Å². The highest BCUT2D eigenvalue weighted by molar-refractivity contribution is 6.20. The van der Waals surface area contributed by atoms with Gasteiger partial charge in [-0.3, -0.25) is 14.5 Å². The lowest BCUT2D eigenvalue weighted by Gasteiger charge is -2.26. The minimum atomic E-state index is -0.885. The van der Waals surface area contributed by atoms with E-state index in [1.54, 1.807) is 72.8 Å². The van der Waals surface area contributed by atoms with Crippen molar-refractivity contribution in [1.29, 1.82) is 5.26 Å². The third kappa shape index (κ3) is 3.29.